The van der Waals surface area contributed by atoms with Gasteiger partial charge in [0.05, 0.1) is 29.7 Å². The first-order valence-electron chi connectivity index (χ1n) is 13.8. The molecule has 2 aliphatic rings. The molecule has 0 amide bonds. The third-order valence-electron chi connectivity index (χ3n) is 8.00. The number of ether oxygens (including phenoxy) is 1. The van der Waals surface area contributed by atoms with Gasteiger partial charge in [0.25, 0.3) is 0 Å². The van der Waals surface area contributed by atoms with Crippen molar-refractivity contribution in [2.24, 2.45) is 5.92 Å². The zero-order valence-corrected chi connectivity index (χ0v) is 23.7. The van der Waals surface area contributed by atoms with Crippen LogP contribution in [0.1, 0.15) is 54.5 Å². The van der Waals surface area contributed by atoms with E-state index < -0.39 is 10.0 Å². The summed E-state index contributed by atoms with van der Waals surface area (Å²) in [5.41, 5.74) is 2.87. The van der Waals surface area contributed by atoms with Crippen LogP contribution in [0.25, 0.3) is 17.8 Å². The van der Waals surface area contributed by atoms with Crippen molar-refractivity contribution in [1.82, 2.24) is 28.6 Å². The highest BCUT2D eigenvalue weighted by atomic mass is 32.2. The maximum absolute atomic E-state index is 13.1. The Balaban J connectivity index is 1.15. The number of imidazole rings is 1. The fourth-order valence-electron chi connectivity index (χ4n) is 5.91. The van der Waals surface area contributed by atoms with Gasteiger partial charge in [0.15, 0.2) is 5.82 Å². The van der Waals surface area contributed by atoms with Crippen molar-refractivity contribution in [3.8, 4) is 11.4 Å². The van der Waals surface area contributed by atoms with Crippen LogP contribution in [0, 0.1) is 12.8 Å². The molecule has 0 N–H and O–H groups in total. The standard InChI is InChI=1S/C30H34N6O3S/c1-22-20-34(21-31-22)27-12-10-23(19-28(27)39-2)11-13-29-32-30-26(9-6-16-36(30)33-29)24-14-17-35(18-15-24)40(37,38)25-7-4-3-5-8-25/h3-5,7-8,10-13,19-21,24,26H,6,9,14-18H2,1-2H3/b13-11+. The summed E-state index contributed by atoms with van der Waals surface area (Å²) in [5, 5.41) is 4.78. The third kappa shape index (κ3) is 5.21. The lowest BCUT2D eigenvalue weighted by molar-refractivity contribution is 0.215. The van der Waals surface area contributed by atoms with E-state index in [0.717, 1.165) is 60.7 Å². The van der Waals surface area contributed by atoms with Gasteiger partial charge in [-0.05, 0) is 74.4 Å². The minimum atomic E-state index is -3.45. The average molecular weight is 559 g/mol. The first kappa shape index (κ1) is 26.5. The van der Waals surface area contributed by atoms with Gasteiger partial charge >= 0.3 is 0 Å². The van der Waals surface area contributed by atoms with Crippen LogP contribution in [-0.4, -0.2) is 57.2 Å². The Labute approximate surface area is 235 Å². The van der Waals surface area contributed by atoms with Gasteiger partial charge in [0.1, 0.15) is 11.6 Å². The van der Waals surface area contributed by atoms with E-state index >= 15 is 0 Å². The molecule has 2 aromatic heterocycles. The smallest absolute Gasteiger partial charge is 0.243 e. The summed E-state index contributed by atoms with van der Waals surface area (Å²) >= 11 is 0. The van der Waals surface area contributed by atoms with Gasteiger partial charge < -0.3 is 9.30 Å². The number of sulfonamides is 1. The molecule has 9 nitrogen and oxygen atoms in total. The SMILES string of the molecule is COc1cc(/C=C/c2nc3n(n2)CCCC3C2CCN(S(=O)(=O)c3ccccc3)CC2)ccc1-n1cnc(C)c1. The topological polar surface area (TPSA) is 95.1 Å². The van der Waals surface area contributed by atoms with Crippen molar-refractivity contribution in [1.29, 1.82) is 0 Å². The zero-order valence-electron chi connectivity index (χ0n) is 22.8. The number of hydrogen-bond acceptors (Lipinski definition) is 6. The molecule has 0 spiro atoms. The van der Waals surface area contributed by atoms with Crippen LogP contribution in [0.15, 0.2) is 66.0 Å². The third-order valence-corrected chi connectivity index (χ3v) is 9.91. The van der Waals surface area contributed by atoms with E-state index in [9.17, 15) is 8.42 Å². The largest absolute Gasteiger partial charge is 0.495 e. The minimum absolute atomic E-state index is 0.294. The summed E-state index contributed by atoms with van der Waals surface area (Å²) in [6.07, 6.45) is 11.5. The van der Waals surface area contributed by atoms with Crippen molar-refractivity contribution >= 4 is 22.2 Å². The van der Waals surface area contributed by atoms with Crippen LogP contribution in [0.4, 0.5) is 0 Å². The summed E-state index contributed by atoms with van der Waals surface area (Å²) in [7, 11) is -1.78. The second-order valence-corrected chi connectivity index (χ2v) is 12.5. The molecule has 0 saturated carbocycles. The number of fused-ring (bicyclic) bond motifs is 1. The summed E-state index contributed by atoms with van der Waals surface area (Å²) in [6, 6.07) is 14.8. The molecule has 1 saturated heterocycles. The van der Waals surface area contributed by atoms with E-state index in [-0.39, 0.29) is 0 Å². The molecule has 0 aliphatic carbocycles. The number of benzene rings is 2. The first-order valence-corrected chi connectivity index (χ1v) is 15.2. The van der Waals surface area contributed by atoms with Crippen molar-refractivity contribution in [2.45, 2.75) is 50.0 Å². The van der Waals surface area contributed by atoms with Crippen molar-refractivity contribution in [2.75, 3.05) is 20.2 Å². The van der Waals surface area contributed by atoms with Crippen molar-refractivity contribution in [3.05, 3.63) is 84.0 Å². The Hall–Kier alpha value is -3.76. The van der Waals surface area contributed by atoms with Gasteiger partial charge in [-0.15, -0.1) is 0 Å². The number of rotatable bonds is 7. The molecule has 4 aromatic rings. The Kier molecular flexibility index (Phi) is 7.29. The number of hydrogen-bond donors (Lipinski definition) is 0. The monoisotopic (exact) mass is 558 g/mol. The van der Waals surface area contributed by atoms with E-state index in [0.29, 0.717) is 35.6 Å². The van der Waals surface area contributed by atoms with E-state index in [1.165, 1.54) is 0 Å². The molecule has 2 aliphatic heterocycles. The van der Waals surface area contributed by atoms with Gasteiger partial charge in [0, 0.05) is 31.7 Å². The average Bonchev–Trinajstić information content (AvgIpc) is 3.62. The molecule has 0 radical (unpaired) electrons. The molecule has 2 aromatic carbocycles. The van der Waals surface area contributed by atoms with Crippen LogP contribution in [-0.2, 0) is 16.6 Å². The number of nitrogens with zero attached hydrogens (tertiary/aromatic N) is 6. The van der Waals surface area contributed by atoms with Crippen LogP contribution in [0.3, 0.4) is 0 Å². The molecule has 1 atom stereocenters. The van der Waals surface area contributed by atoms with E-state index in [1.807, 2.05) is 58.8 Å². The molecule has 0 bridgehead atoms. The van der Waals surface area contributed by atoms with Crippen molar-refractivity contribution in [3.63, 3.8) is 0 Å². The second kappa shape index (κ2) is 11.0. The molecule has 10 heteroatoms. The molecule has 1 unspecified atom stereocenters. The van der Waals surface area contributed by atoms with E-state index in [2.05, 4.69) is 4.98 Å². The number of aromatic nitrogens is 5. The van der Waals surface area contributed by atoms with Crippen LogP contribution in [0.2, 0.25) is 0 Å². The number of aryl methyl sites for hydroxylation is 2. The Morgan fingerprint density at radius 1 is 1.00 bits per heavy atom. The summed E-state index contributed by atoms with van der Waals surface area (Å²) in [6.45, 7) is 3.90. The predicted molar refractivity (Wildman–Crippen MR) is 154 cm³/mol. The lowest BCUT2D eigenvalue weighted by Gasteiger charge is -2.36. The molecule has 208 valence electrons. The molecule has 4 heterocycles. The highest BCUT2D eigenvalue weighted by molar-refractivity contribution is 7.89. The second-order valence-electron chi connectivity index (χ2n) is 10.5. The minimum Gasteiger partial charge on any atom is -0.495 e. The number of methoxy groups -OCH3 is 1. The maximum Gasteiger partial charge on any atom is 0.243 e. The maximum atomic E-state index is 13.1. The Morgan fingerprint density at radius 3 is 2.52 bits per heavy atom. The highest BCUT2D eigenvalue weighted by Crippen LogP contribution is 2.39. The lowest BCUT2D eigenvalue weighted by Crippen LogP contribution is -2.40. The normalized spacial score (nSPS) is 18.7. The van der Waals surface area contributed by atoms with Crippen LogP contribution in [0.5, 0.6) is 5.75 Å². The summed E-state index contributed by atoms with van der Waals surface area (Å²) in [4.78, 5) is 9.62. The molecular weight excluding hydrogens is 524 g/mol. The lowest BCUT2D eigenvalue weighted by atomic mass is 9.80. The van der Waals surface area contributed by atoms with Crippen LogP contribution >= 0.6 is 0 Å². The summed E-state index contributed by atoms with van der Waals surface area (Å²) < 4.78 is 37.4. The van der Waals surface area contributed by atoms with Gasteiger partial charge in [-0.3, -0.25) is 0 Å². The van der Waals surface area contributed by atoms with E-state index in [4.69, 9.17) is 14.8 Å². The summed E-state index contributed by atoms with van der Waals surface area (Å²) in [5.74, 6) is 3.17. The Morgan fingerprint density at radius 2 is 1.80 bits per heavy atom. The van der Waals surface area contributed by atoms with Crippen molar-refractivity contribution < 1.29 is 13.2 Å². The molecule has 6 rings (SSSR count). The highest BCUT2D eigenvalue weighted by Gasteiger charge is 2.36. The predicted octanol–water partition coefficient (Wildman–Crippen LogP) is 4.93. The quantitative estimate of drug-likeness (QED) is 0.319. The molecule has 1 fully saturated rings. The fraction of sp³-hybridized carbons (Fsp3) is 0.367. The fourth-order valence-corrected chi connectivity index (χ4v) is 7.40. The first-order chi connectivity index (χ1) is 19.4. The number of piperidine rings is 1. The van der Waals surface area contributed by atoms with Crippen LogP contribution < -0.4 is 4.74 Å². The van der Waals surface area contributed by atoms with Gasteiger partial charge in [0.2, 0.25) is 10.0 Å². The van der Waals surface area contributed by atoms with E-state index in [1.54, 1.807) is 42.0 Å². The Bertz CT molecular complexity index is 1620. The van der Waals surface area contributed by atoms with Gasteiger partial charge in [-0.1, -0.05) is 30.3 Å². The molecular formula is C30H34N6O3S. The molecule has 40 heavy (non-hydrogen) atoms. The van der Waals surface area contributed by atoms with Gasteiger partial charge in [-0.2, -0.15) is 9.40 Å². The van der Waals surface area contributed by atoms with Gasteiger partial charge in [-0.25, -0.2) is 23.1 Å². The zero-order chi connectivity index (χ0) is 27.7.